The minimum atomic E-state index is -1.15. The Hall–Kier alpha value is -6.63. The summed E-state index contributed by atoms with van der Waals surface area (Å²) >= 11 is 0. The number of aliphatic hydroxyl groups is 1. The van der Waals surface area contributed by atoms with Gasteiger partial charge in [0.25, 0.3) is 5.91 Å². The van der Waals surface area contributed by atoms with E-state index in [0.29, 0.717) is 38.2 Å². The lowest BCUT2D eigenvalue weighted by Crippen LogP contribution is -2.58. The van der Waals surface area contributed by atoms with Gasteiger partial charge in [-0.25, -0.2) is 9.80 Å². The number of nitrogens with zero attached hydrogens (tertiary/aromatic N) is 5. The van der Waals surface area contributed by atoms with E-state index in [1.807, 2.05) is 149 Å². The van der Waals surface area contributed by atoms with Gasteiger partial charge in [-0.1, -0.05) is 117 Å². The van der Waals surface area contributed by atoms with Crippen molar-refractivity contribution < 1.29 is 24.2 Å². The lowest BCUT2D eigenvalue weighted by Gasteiger charge is -2.35. The number of pyridine rings is 2. The van der Waals surface area contributed by atoms with E-state index in [2.05, 4.69) is 20.7 Å². The maximum absolute atomic E-state index is 14.7. The summed E-state index contributed by atoms with van der Waals surface area (Å²) in [6, 6.07) is 37.2. The first-order valence-corrected chi connectivity index (χ1v) is 21.7. The average Bonchev–Trinajstić information content (AvgIpc) is 3.64. The molecule has 0 spiro atoms. The van der Waals surface area contributed by atoms with Gasteiger partial charge in [0, 0.05) is 56.1 Å². The lowest BCUT2D eigenvalue weighted by molar-refractivity contribution is -0.131. The molecule has 4 atom stereocenters. The molecule has 4 unspecified atom stereocenters. The summed E-state index contributed by atoms with van der Waals surface area (Å²) in [5.74, 6) is -0.257. The molecular formula is C51H57N7O5. The largest absolute Gasteiger partial charge is 0.483 e. The molecule has 326 valence electrons. The van der Waals surface area contributed by atoms with E-state index in [1.165, 1.54) is 0 Å². The molecule has 3 heterocycles. The Kier molecular flexibility index (Phi) is 14.8. The molecule has 0 radical (unpaired) electrons. The van der Waals surface area contributed by atoms with Crippen molar-refractivity contribution in [1.82, 2.24) is 35.5 Å². The summed E-state index contributed by atoms with van der Waals surface area (Å²) in [6.45, 7) is 9.10. The van der Waals surface area contributed by atoms with Crippen molar-refractivity contribution in [3.05, 3.63) is 162 Å². The SMILES string of the molecule is CCC(C)C(C(=O)NC(Cc1ccccc1)C(O)CN(Cc1ccc(-c2ccccn2)cc1)NC(=O)COc1c(C)cccc1C)N1CCN(Cc2ccnc3ccccc23)C1=O. The molecular weight excluding hydrogens is 791 g/mol. The van der Waals surface area contributed by atoms with Gasteiger partial charge in [0.2, 0.25) is 5.91 Å². The molecule has 4 amide bonds. The number of hydrazine groups is 1. The van der Waals surface area contributed by atoms with Crippen LogP contribution in [0.4, 0.5) is 4.79 Å². The number of rotatable bonds is 19. The van der Waals surface area contributed by atoms with Gasteiger partial charge in [-0.15, -0.1) is 0 Å². The molecule has 1 saturated heterocycles. The van der Waals surface area contributed by atoms with Gasteiger partial charge in [-0.3, -0.25) is 25.0 Å². The Labute approximate surface area is 369 Å². The zero-order valence-electron chi connectivity index (χ0n) is 36.5. The molecule has 0 saturated carbocycles. The number of ether oxygens (including phenoxy) is 1. The number of nitrogens with one attached hydrogen (secondary N) is 2. The van der Waals surface area contributed by atoms with Crippen molar-refractivity contribution in [3.63, 3.8) is 0 Å². The number of amides is 4. The molecule has 4 aromatic carbocycles. The van der Waals surface area contributed by atoms with Gasteiger partial charge in [-0.2, -0.15) is 0 Å². The second kappa shape index (κ2) is 21.0. The number of para-hydroxylation sites is 2. The molecule has 1 aliphatic heterocycles. The Morgan fingerprint density at radius 3 is 2.29 bits per heavy atom. The van der Waals surface area contributed by atoms with E-state index < -0.39 is 24.1 Å². The third-order valence-electron chi connectivity index (χ3n) is 11.8. The molecule has 63 heavy (non-hydrogen) atoms. The van der Waals surface area contributed by atoms with Crippen LogP contribution in [-0.4, -0.2) is 92.2 Å². The van der Waals surface area contributed by atoms with E-state index in [0.717, 1.165) is 50.0 Å². The number of carbonyl (C=O) groups excluding carboxylic acids is 3. The first-order chi connectivity index (χ1) is 30.6. The van der Waals surface area contributed by atoms with Gasteiger partial charge in [-0.05, 0) is 78.3 Å². The number of hydrogen-bond acceptors (Lipinski definition) is 8. The fraction of sp³-hybridized carbons (Fsp3) is 0.314. The van der Waals surface area contributed by atoms with Crippen molar-refractivity contribution in [2.75, 3.05) is 26.2 Å². The van der Waals surface area contributed by atoms with Crippen LogP contribution in [0.2, 0.25) is 0 Å². The maximum atomic E-state index is 14.7. The van der Waals surface area contributed by atoms with Gasteiger partial charge in [0.15, 0.2) is 6.61 Å². The third-order valence-corrected chi connectivity index (χ3v) is 11.8. The summed E-state index contributed by atoms with van der Waals surface area (Å²) in [7, 11) is 0. The summed E-state index contributed by atoms with van der Waals surface area (Å²) in [4.78, 5) is 54.8. The molecule has 1 fully saturated rings. The zero-order chi connectivity index (χ0) is 44.3. The minimum Gasteiger partial charge on any atom is -0.483 e. The number of hydrogen-bond donors (Lipinski definition) is 3. The van der Waals surface area contributed by atoms with Gasteiger partial charge < -0.3 is 25.0 Å². The average molecular weight is 848 g/mol. The Morgan fingerprint density at radius 2 is 1.56 bits per heavy atom. The first kappa shape index (κ1) is 44.4. The van der Waals surface area contributed by atoms with Gasteiger partial charge >= 0.3 is 6.03 Å². The van der Waals surface area contributed by atoms with Crippen molar-refractivity contribution in [2.24, 2.45) is 5.92 Å². The second-order valence-corrected chi connectivity index (χ2v) is 16.4. The van der Waals surface area contributed by atoms with Crippen molar-refractivity contribution in [3.8, 4) is 17.0 Å². The molecule has 3 N–H and O–H groups in total. The van der Waals surface area contributed by atoms with Gasteiger partial charge in [0.05, 0.1) is 23.4 Å². The highest BCUT2D eigenvalue weighted by atomic mass is 16.5. The topological polar surface area (TPSA) is 140 Å². The predicted molar refractivity (Wildman–Crippen MR) is 245 cm³/mol. The highest BCUT2D eigenvalue weighted by Gasteiger charge is 2.41. The smallest absolute Gasteiger partial charge is 0.321 e. The van der Waals surface area contributed by atoms with Crippen LogP contribution in [0.15, 0.2) is 134 Å². The van der Waals surface area contributed by atoms with Crippen molar-refractivity contribution in [2.45, 2.75) is 71.8 Å². The summed E-state index contributed by atoms with van der Waals surface area (Å²) in [5.41, 5.74) is 10.3. The molecule has 0 bridgehead atoms. The maximum Gasteiger partial charge on any atom is 0.321 e. The number of carbonyl (C=O) groups is 3. The molecule has 2 aromatic heterocycles. The van der Waals surface area contributed by atoms with Gasteiger partial charge in [0.1, 0.15) is 11.8 Å². The van der Waals surface area contributed by atoms with Crippen molar-refractivity contribution in [1.29, 1.82) is 0 Å². The zero-order valence-corrected chi connectivity index (χ0v) is 36.5. The van der Waals surface area contributed by atoms with E-state index in [-0.39, 0.29) is 37.6 Å². The molecule has 12 heteroatoms. The van der Waals surface area contributed by atoms with E-state index in [9.17, 15) is 19.5 Å². The van der Waals surface area contributed by atoms with Crippen LogP contribution < -0.4 is 15.5 Å². The third kappa shape index (κ3) is 11.3. The van der Waals surface area contributed by atoms with Crippen molar-refractivity contribution >= 4 is 28.7 Å². The summed E-state index contributed by atoms with van der Waals surface area (Å²) in [5, 5.41) is 18.0. The fourth-order valence-corrected chi connectivity index (χ4v) is 8.27. The van der Waals surface area contributed by atoms with Crippen LogP contribution in [0.3, 0.4) is 0 Å². The summed E-state index contributed by atoms with van der Waals surface area (Å²) in [6.07, 6.45) is 3.33. The first-order valence-electron chi connectivity index (χ1n) is 21.7. The Bertz CT molecular complexity index is 2440. The Morgan fingerprint density at radius 1 is 0.825 bits per heavy atom. The lowest BCUT2D eigenvalue weighted by atomic mass is 9.95. The molecule has 6 aromatic rings. The predicted octanol–water partition coefficient (Wildman–Crippen LogP) is 7.27. The minimum absolute atomic E-state index is 0.0286. The number of aliphatic hydroxyl groups excluding tert-OH is 1. The van der Waals surface area contributed by atoms with E-state index in [4.69, 9.17) is 4.74 Å². The monoisotopic (exact) mass is 847 g/mol. The van der Waals surface area contributed by atoms with E-state index >= 15 is 0 Å². The van der Waals surface area contributed by atoms with Crippen LogP contribution >= 0.6 is 0 Å². The quantitative estimate of drug-likeness (QED) is 0.0724. The van der Waals surface area contributed by atoms with Crippen LogP contribution in [0.1, 0.15) is 48.1 Å². The standard InChI is InChI=1S/C51H57N7O5/c1-5-35(2)48(58-29-28-56(51(58)62)32-41-25-27-53-44-20-10-9-18-42(41)44)50(61)54-45(30-38-16-7-6-8-17-38)46(59)33-57(55-47(60)34-63-49-36(3)14-13-15-37(49)4)31-39-21-23-40(24-22-39)43-19-11-12-26-52-43/h6-27,35,45-46,48,59H,5,28-34H2,1-4H3,(H,54,61)(H,55,60). The molecule has 1 aliphatic rings. The molecule has 12 nitrogen and oxygen atoms in total. The Balaban J connectivity index is 1.10. The highest BCUT2D eigenvalue weighted by molar-refractivity contribution is 5.89. The summed E-state index contributed by atoms with van der Waals surface area (Å²) < 4.78 is 6.00. The second-order valence-electron chi connectivity index (χ2n) is 16.4. The fourth-order valence-electron chi connectivity index (χ4n) is 8.27. The number of benzene rings is 4. The van der Waals surface area contributed by atoms with E-state index in [1.54, 1.807) is 27.2 Å². The van der Waals surface area contributed by atoms with Crippen LogP contribution in [-0.2, 0) is 29.1 Å². The number of aryl methyl sites for hydroxylation is 2. The highest BCUT2D eigenvalue weighted by Crippen LogP contribution is 2.26. The number of fused-ring (bicyclic) bond motifs is 1. The number of aromatic nitrogens is 2. The number of urea groups is 1. The van der Waals surface area contributed by atoms with Crippen LogP contribution in [0, 0.1) is 19.8 Å². The molecule has 0 aliphatic carbocycles. The van der Waals surface area contributed by atoms with Crippen LogP contribution in [0.25, 0.3) is 22.2 Å². The molecule has 7 rings (SSSR count). The van der Waals surface area contributed by atoms with Crippen LogP contribution in [0.5, 0.6) is 5.75 Å². The normalized spacial score (nSPS) is 14.7.